The van der Waals surface area contributed by atoms with Crippen LogP contribution in [0.2, 0.25) is 0 Å². The third-order valence-electron chi connectivity index (χ3n) is 3.38. The van der Waals surface area contributed by atoms with E-state index in [-0.39, 0.29) is 0 Å². The van der Waals surface area contributed by atoms with Crippen molar-refractivity contribution in [3.05, 3.63) is 0 Å². The van der Waals surface area contributed by atoms with Crippen LogP contribution in [0.5, 0.6) is 0 Å². The molecule has 17 heavy (non-hydrogen) atoms. The van der Waals surface area contributed by atoms with E-state index in [1.165, 1.54) is 0 Å². The van der Waals surface area contributed by atoms with Gasteiger partial charge in [0.25, 0.3) is 0 Å². The maximum absolute atomic E-state index is 5.80. The van der Waals surface area contributed by atoms with E-state index in [1.54, 1.807) is 0 Å². The summed E-state index contributed by atoms with van der Waals surface area (Å²) in [7, 11) is 0. The first-order valence-electron chi connectivity index (χ1n) is 6.56. The van der Waals surface area contributed by atoms with Gasteiger partial charge in [-0.3, -0.25) is 4.90 Å². The van der Waals surface area contributed by atoms with Crippen molar-refractivity contribution in [2.45, 2.75) is 44.6 Å². The molecule has 1 atom stereocenters. The van der Waals surface area contributed by atoms with Crippen LogP contribution in [0.3, 0.4) is 0 Å². The topological polar surface area (TPSA) is 24.5 Å². The first kappa shape index (κ1) is 15.3. The van der Waals surface area contributed by atoms with Gasteiger partial charge in [0, 0.05) is 37.0 Å². The molecule has 4 heteroatoms. The normalized spacial score (nSPS) is 23.3. The Balaban J connectivity index is 2.23. The molecule has 102 valence electrons. The summed E-state index contributed by atoms with van der Waals surface area (Å²) in [6.07, 6.45) is 2.52. The Labute approximate surface area is 111 Å². The fourth-order valence-electron chi connectivity index (χ4n) is 1.94. The summed E-state index contributed by atoms with van der Waals surface area (Å²) >= 11 is 1.91. The van der Waals surface area contributed by atoms with Crippen molar-refractivity contribution in [1.29, 1.82) is 0 Å². The largest absolute Gasteiger partial charge is 0.374 e. The zero-order chi connectivity index (χ0) is 12.9. The Morgan fingerprint density at radius 3 is 2.76 bits per heavy atom. The van der Waals surface area contributed by atoms with Gasteiger partial charge in [0.2, 0.25) is 0 Å². The quantitative estimate of drug-likeness (QED) is 0.787. The molecule has 1 aliphatic heterocycles. The Hall–Kier alpha value is 0.230. The number of thioether (sulfide) groups is 1. The molecule has 1 heterocycles. The van der Waals surface area contributed by atoms with Crippen LogP contribution in [0.4, 0.5) is 0 Å². The summed E-state index contributed by atoms with van der Waals surface area (Å²) in [4.78, 5) is 2.50. The summed E-state index contributed by atoms with van der Waals surface area (Å²) < 4.78 is 6.11. The lowest BCUT2D eigenvalue weighted by molar-refractivity contribution is -0.0371. The maximum atomic E-state index is 5.80. The molecule has 0 spiro atoms. The molecule has 0 aliphatic carbocycles. The number of ether oxygens (including phenoxy) is 1. The van der Waals surface area contributed by atoms with E-state index in [1.807, 2.05) is 11.8 Å². The Kier molecular flexibility index (Phi) is 6.27. The van der Waals surface area contributed by atoms with E-state index in [2.05, 4.69) is 44.2 Å². The molecule has 1 unspecified atom stereocenters. The van der Waals surface area contributed by atoms with E-state index in [0.29, 0.717) is 16.9 Å². The fourth-order valence-corrected chi connectivity index (χ4v) is 2.19. The van der Waals surface area contributed by atoms with Gasteiger partial charge in [0.05, 0.1) is 12.7 Å². The molecule has 0 bridgehead atoms. The molecule has 1 aliphatic rings. The number of rotatable bonds is 6. The summed E-state index contributed by atoms with van der Waals surface area (Å²) in [6, 6.07) is 0.629. The number of nitrogens with one attached hydrogen (secondary N) is 1. The molecule has 0 aromatic heterocycles. The second-order valence-electron chi connectivity index (χ2n) is 5.68. The van der Waals surface area contributed by atoms with E-state index < -0.39 is 0 Å². The van der Waals surface area contributed by atoms with Gasteiger partial charge < -0.3 is 10.1 Å². The average molecular weight is 260 g/mol. The molecular weight excluding hydrogens is 232 g/mol. The smallest absolute Gasteiger partial charge is 0.0826 e. The van der Waals surface area contributed by atoms with Gasteiger partial charge in [0.1, 0.15) is 0 Å². The van der Waals surface area contributed by atoms with Gasteiger partial charge >= 0.3 is 0 Å². The predicted molar refractivity (Wildman–Crippen MR) is 76.9 cm³/mol. The molecule has 0 radical (unpaired) electrons. The fraction of sp³-hybridized carbons (Fsp3) is 1.00. The molecule has 3 nitrogen and oxygen atoms in total. The number of morpholine rings is 1. The minimum absolute atomic E-state index is 0.312. The van der Waals surface area contributed by atoms with Gasteiger partial charge in [-0.2, -0.15) is 11.8 Å². The van der Waals surface area contributed by atoms with Gasteiger partial charge in [-0.05, 0) is 34.0 Å². The summed E-state index contributed by atoms with van der Waals surface area (Å²) in [5, 5.41) is 3.53. The molecule has 1 fully saturated rings. The number of nitrogens with zero attached hydrogens (tertiary/aromatic N) is 1. The van der Waals surface area contributed by atoms with E-state index in [4.69, 9.17) is 4.74 Å². The second kappa shape index (κ2) is 6.98. The summed E-state index contributed by atoms with van der Waals surface area (Å²) in [5.41, 5.74) is 0. The lowest BCUT2D eigenvalue weighted by Gasteiger charge is -2.36. The highest BCUT2D eigenvalue weighted by atomic mass is 32.2. The van der Waals surface area contributed by atoms with Gasteiger partial charge in [-0.15, -0.1) is 0 Å². The van der Waals surface area contributed by atoms with Crippen molar-refractivity contribution >= 4 is 11.8 Å². The number of hydrogen-bond donors (Lipinski definition) is 1. The van der Waals surface area contributed by atoms with Crippen molar-refractivity contribution < 1.29 is 4.74 Å². The second-order valence-corrected chi connectivity index (χ2v) is 7.19. The van der Waals surface area contributed by atoms with Crippen molar-refractivity contribution in [1.82, 2.24) is 10.2 Å². The van der Waals surface area contributed by atoms with Crippen molar-refractivity contribution in [2.24, 2.45) is 0 Å². The van der Waals surface area contributed by atoms with Gasteiger partial charge in [0.15, 0.2) is 0 Å². The summed E-state index contributed by atoms with van der Waals surface area (Å²) in [5.74, 6) is 0. The average Bonchev–Trinajstić information content (AvgIpc) is 2.29. The predicted octanol–water partition coefficient (Wildman–Crippen LogP) is 1.83. The van der Waals surface area contributed by atoms with Crippen molar-refractivity contribution in [3.8, 4) is 0 Å². The molecule has 0 aromatic carbocycles. The molecule has 0 aromatic rings. The monoisotopic (exact) mass is 260 g/mol. The van der Waals surface area contributed by atoms with Crippen LogP contribution in [0, 0.1) is 0 Å². The minimum Gasteiger partial charge on any atom is -0.374 e. The van der Waals surface area contributed by atoms with Crippen LogP contribution in [0.1, 0.15) is 27.7 Å². The zero-order valence-corrected chi connectivity index (χ0v) is 12.8. The number of hydrogen-bond acceptors (Lipinski definition) is 4. The zero-order valence-electron chi connectivity index (χ0n) is 12.0. The first-order chi connectivity index (χ1) is 7.94. The van der Waals surface area contributed by atoms with Crippen LogP contribution in [0.15, 0.2) is 0 Å². The Morgan fingerprint density at radius 2 is 2.18 bits per heavy atom. The lowest BCUT2D eigenvalue weighted by atomic mass is 10.2. The Bertz CT molecular complexity index is 221. The van der Waals surface area contributed by atoms with Crippen LogP contribution < -0.4 is 5.32 Å². The SMILES string of the molecule is CSC(C)(C)CNCC1CN(C(C)C)CCO1. The summed E-state index contributed by atoms with van der Waals surface area (Å²) in [6.45, 7) is 14.1. The molecule has 1 rings (SSSR count). The van der Waals surface area contributed by atoms with Crippen molar-refractivity contribution in [2.75, 3.05) is 39.0 Å². The van der Waals surface area contributed by atoms with Crippen LogP contribution in [-0.4, -0.2) is 60.8 Å². The van der Waals surface area contributed by atoms with Crippen molar-refractivity contribution in [3.63, 3.8) is 0 Å². The van der Waals surface area contributed by atoms with E-state index in [9.17, 15) is 0 Å². The molecule has 1 N–H and O–H groups in total. The maximum Gasteiger partial charge on any atom is 0.0826 e. The molecular formula is C13H28N2OS. The Morgan fingerprint density at radius 1 is 1.47 bits per heavy atom. The van der Waals surface area contributed by atoms with E-state index in [0.717, 1.165) is 32.8 Å². The highest BCUT2D eigenvalue weighted by Crippen LogP contribution is 2.19. The molecule has 0 saturated carbocycles. The highest BCUT2D eigenvalue weighted by molar-refractivity contribution is 7.99. The first-order valence-corrected chi connectivity index (χ1v) is 7.78. The third-order valence-corrected chi connectivity index (χ3v) is 4.63. The van der Waals surface area contributed by atoms with Crippen LogP contribution in [-0.2, 0) is 4.74 Å². The standard InChI is InChI=1S/C13H28N2OS/c1-11(2)15-6-7-16-12(9-15)8-14-10-13(3,4)17-5/h11-12,14H,6-10H2,1-5H3. The van der Waals surface area contributed by atoms with Gasteiger partial charge in [-0.25, -0.2) is 0 Å². The lowest BCUT2D eigenvalue weighted by Crippen LogP contribution is -2.50. The van der Waals surface area contributed by atoms with Gasteiger partial charge in [-0.1, -0.05) is 0 Å². The highest BCUT2D eigenvalue weighted by Gasteiger charge is 2.23. The minimum atomic E-state index is 0.312. The van der Waals surface area contributed by atoms with Crippen LogP contribution >= 0.6 is 11.8 Å². The van der Waals surface area contributed by atoms with Crippen LogP contribution in [0.25, 0.3) is 0 Å². The van der Waals surface area contributed by atoms with E-state index >= 15 is 0 Å². The third kappa shape index (κ3) is 5.60. The molecule has 1 saturated heterocycles. The molecule has 0 amide bonds.